The Hall–Kier alpha value is -3.73. The van der Waals surface area contributed by atoms with Gasteiger partial charge in [-0.25, -0.2) is 0 Å². The van der Waals surface area contributed by atoms with Crippen LogP contribution in [0, 0.1) is 0 Å². The van der Waals surface area contributed by atoms with Crippen LogP contribution in [-0.2, 0) is 6.42 Å². The first kappa shape index (κ1) is 20.2. The molecule has 162 valence electrons. The predicted molar refractivity (Wildman–Crippen MR) is 125 cm³/mol. The number of hydrogen-bond acceptors (Lipinski definition) is 5. The molecule has 4 aromatic rings. The van der Waals surface area contributed by atoms with Gasteiger partial charge in [0.1, 0.15) is 0 Å². The number of para-hydroxylation sites is 1. The number of rotatable bonds is 6. The minimum atomic E-state index is 0.130. The molecule has 5 rings (SSSR count). The van der Waals surface area contributed by atoms with E-state index in [0.29, 0.717) is 11.5 Å². The lowest BCUT2D eigenvalue weighted by Gasteiger charge is -2.17. The molecule has 0 saturated carbocycles. The zero-order chi connectivity index (χ0) is 22.2. The third-order valence-corrected chi connectivity index (χ3v) is 6.32. The molecule has 5 heteroatoms. The van der Waals surface area contributed by atoms with Crippen molar-refractivity contribution < 1.29 is 18.9 Å². The van der Waals surface area contributed by atoms with E-state index in [-0.39, 0.29) is 5.92 Å². The monoisotopic (exact) mass is 427 g/mol. The van der Waals surface area contributed by atoms with Crippen molar-refractivity contribution in [3.05, 3.63) is 77.5 Å². The van der Waals surface area contributed by atoms with Crippen molar-refractivity contribution in [3.63, 3.8) is 0 Å². The summed E-state index contributed by atoms with van der Waals surface area (Å²) in [6.07, 6.45) is 2.71. The van der Waals surface area contributed by atoms with Crippen LogP contribution >= 0.6 is 0 Å². The van der Waals surface area contributed by atoms with E-state index in [0.717, 1.165) is 34.6 Å². The first-order valence-electron chi connectivity index (χ1n) is 10.5. The molecule has 32 heavy (non-hydrogen) atoms. The number of aromatic nitrogens is 1. The van der Waals surface area contributed by atoms with Crippen molar-refractivity contribution in [2.24, 2.45) is 0 Å². The fourth-order valence-corrected chi connectivity index (χ4v) is 4.77. The minimum Gasteiger partial charge on any atom is -0.493 e. The molecule has 1 heterocycles. The van der Waals surface area contributed by atoms with Crippen molar-refractivity contribution in [1.82, 2.24) is 4.98 Å². The minimum absolute atomic E-state index is 0.130. The van der Waals surface area contributed by atoms with E-state index in [1.54, 1.807) is 28.4 Å². The summed E-state index contributed by atoms with van der Waals surface area (Å²) in [6, 6.07) is 18.7. The van der Waals surface area contributed by atoms with E-state index in [4.69, 9.17) is 18.9 Å². The van der Waals surface area contributed by atoms with Gasteiger partial charge in [0.05, 0.1) is 34.0 Å². The van der Waals surface area contributed by atoms with E-state index in [2.05, 4.69) is 53.5 Å². The summed E-state index contributed by atoms with van der Waals surface area (Å²) < 4.78 is 22.5. The second-order valence-corrected chi connectivity index (χ2v) is 7.83. The van der Waals surface area contributed by atoms with Crippen LogP contribution < -0.4 is 18.9 Å². The Balaban J connectivity index is 1.72. The summed E-state index contributed by atoms with van der Waals surface area (Å²) in [5, 5.41) is 1.17. The molecule has 1 aliphatic carbocycles. The number of pyridine rings is 1. The van der Waals surface area contributed by atoms with E-state index in [9.17, 15) is 0 Å². The van der Waals surface area contributed by atoms with Crippen molar-refractivity contribution in [2.45, 2.75) is 12.3 Å². The van der Waals surface area contributed by atoms with Crippen molar-refractivity contribution >= 4 is 10.9 Å². The second kappa shape index (κ2) is 8.08. The smallest absolute Gasteiger partial charge is 0.161 e. The summed E-state index contributed by atoms with van der Waals surface area (Å²) in [4.78, 5) is 4.53. The van der Waals surface area contributed by atoms with Gasteiger partial charge in [-0.15, -0.1) is 0 Å². The quantitative estimate of drug-likeness (QED) is 0.399. The van der Waals surface area contributed by atoms with E-state index >= 15 is 0 Å². The molecule has 0 fully saturated rings. The topological polar surface area (TPSA) is 49.8 Å². The first-order chi connectivity index (χ1) is 15.7. The average molecular weight is 428 g/mol. The van der Waals surface area contributed by atoms with Crippen LogP contribution in [0.2, 0.25) is 0 Å². The number of benzene rings is 3. The molecule has 1 aromatic heterocycles. The van der Waals surface area contributed by atoms with Crippen LogP contribution in [0.5, 0.6) is 23.0 Å². The van der Waals surface area contributed by atoms with Gasteiger partial charge in [-0.1, -0.05) is 18.2 Å². The number of ether oxygens (including phenoxy) is 4. The summed E-state index contributed by atoms with van der Waals surface area (Å²) in [5.74, 6) is 3.00. The predicted octanol–water partition coefficient (Wildman–Crippen LogP) is 5.62. The van der Waals surface area contributed by atoms with E-state index < -0.39 is 0 Å². The maximum Gasteiger partial charge on any atom is 0.161 e. The SMILES string of the molecule is COc1cc2c(cc1OC)C(Cc1ccnc3ccccc13)c1cc(OC)c(OC)cc1-2. The maximum atomic E-state index is 5.63. The van der Waals surface area contributed by atoms with Gasteiger partial charge in [-0.2, -0.15) is 0 Å². The second-order valence-electron chi connectivity index (χ2n) is 7.83. The molecule has 0 aliphatic heterocycles. The largest absolute Gasteiger partial charge is 0.493 e. The highest BCUT2D eigenvalue weighted by Crippen LogP contribution is 2.52. The number of fused-ring (bicyclic) bond motifs is 4. The number of hydrogen-bond donors (Lipinski definition) is 0. The molecule has 0 bridgehead atoms. The Morgan fingerprint density at radius 1 is 0.688 bits per heavy atom. The molecule has 5 nitrogen and oxygen atoms in total. The fourth-order valence-electron chi connectivity index (χ4n) is 4.77. The first-order valence-corrected chi connectivity index (χ1v) is 10.5. The highest BCUT2D eigenvalue weighted by atomic mass is 16.5. The van der Waals surface area contributed by atoms with Gasteiger partial charge in [0.2, 0.25) is 0 Å². The standard InChI is InChI=1S/C27H25NO4/c1-29-24-12-19-18(11-16-9-10-28-23-8-6-5-7-17(16)23)20-13-25(30-2)27(32-4)15-22(20)21(19)14-26(24)31-3/h5-10,12-15,18H,11H2,1-4H3. The molecule has 0 atom stereocenters. The molecule has 0 spiro atoms. The van der Waals surface area contributed by atoms with Gasteiger partial charge < -0.3 is 18.9 Å². The molecule has 1 aliphatic rings. The molecule has 0 radical (unpaired) electrons. The molecule has 0 amide bonds. The van der Waals surface area contributed by atoms with Gasteiger partial charge in [0.25, 0.3) is 0 Å². The summed E-state index contributed by atoms with van der Waals surface area (Å²) in [6.45, 7) is 0. The van der Waals surface area contributed by atoms with Gasteiger partial charge in [-0.05, 0) is 70.6 Å². The average Bonchev–Trinajstić information content (AvgIpc) is 3.13. The summed E-state index contributed by atoms with van der Waals surface area (Å²) in [5.41, 5.74) is 6.92. The Labute approximate surface area is 187 Å². The zero-order valence-corrected chi connectivity index (χ0v) is 18.6. The molecular weight excluding hydrogens is 402 g/mol. The Kier molecular flexibility index (Phi) is 5.10. The third kappa shape index (κ3) is 3.12. The molecular formula is C27H25NO4. The van der Waals surface area contributed by atoms with Gasteiger partial charge >= 0.3 is 0 Å². The lowest BCUT2D eigenvalue weighted by molar-refractivity contribution is 0.354. The van der Waals surface area contributed by atoms with Crippen molar-refractivity contribution in [3.8, 4) is 34.1 Å². The van der Waals surface area contributed by atoms with Gasteiger partial charge in [0, 0.05) is 17.5 Å². The van der Waals surface area contributed by atoms with Crippen LogP contribution in [0.1, 0.15) is 22.6 Å². The third-order valence-electron chi connectivity index (χ3n) is 6.32. The Morgan fingerprint density at radius 2 is 1.22 bits per heavy atom. The zero-order valence-electron chi connectivity index (χ0n) is 18.6. The van der Waals surface area contributed by atoms with E-state index in [1.165, 1.54) is 22.1 Å². The lowest BCUT2D eigenvalue weighted by atomic mass is 9.88. The molecule has 3 aromatic carbocycles. The highest BCUT2D eigenvalue weighted by Gasteiger charge is 2.32. The van der Waals surface area contributed by atoms with Crippen LogP contribution in [0.15, 0.2) is 60.8 Å². The Bertz CT molecular complexity index is 1250. The van der Waals surface area contributed by atoms with Crippen LogP contribution in [0.4, 0.5) is 0 Å². The van der Waals surface area contributed by atoms with Crippen molar-refractivity contribution in [1.29, 1.82) is 0 Å². The van der Waals surface area contributed by atoms with Crippen LogP contribution in [0.3, 0.4) is 0 Å². The summed E-state index contributed by atoms with van der Waals surface area (Å²) >= 11 is 0. The molecule has 0 unspecified atom stereocenters. The van der Waals surface area contributed by atoms with Gasteiger partial charge in [-0.3, -0.25) is 4.98 Å². The number of nitrogens with zero attached hydrogens (tertiary/aromatic N) is 1. The number of methoxy groups -OCH3 is 4. The molecule has 0 saturated heterocycles. The maximum absolute atomic E-state index is 5.63. The normalized spacial score (nSPS) is 12.4. The van der Waals surface area contributed by atoms with E-state index in [1.807, 2.05) is 12.3 Å². The molecule has 0 N–H and O–H groups in total. The Morgan fingerprint density at radius 3 is 1.78 bits per heavy atom. The van der Waals surface area contributed by atoms with Gasteiger partial charge in [0.15, 0.2) is 23.0 Å². The van der Waals surface area contributed by atoms with Crippen LogP contribution in [-0.4, -0.2) is 33.4 Å². The van der Waals surface area contributed by atoms with Crippen molar-refractivity contribution in [2.75, 3.05) is 28.4 Å². The fraction of sp³-hybridized carbons (Fsp3) is 0.222. The van der Waals surface area contributed by atoms with Crippen LogP contribution in [0.25, 0.3) is 22.0 Å². The highest BCUT2D eigenvalue weighted by molar-refractivity contribution is 5.85. The summed E-state index contributed by atoms with van der Waals surface area (Å²) in [7, 11) is 6.66. The lowest BCUT2D eigenvalue weighted by Crippen LogP contribution is -2.04.